The molecule has 0 atom stereocenters. The Morgan fingerprint density at radius 3 is 2.52 bits per heavy atom. The average Bonchev–Trinajstić information content (AvgIpc) is 2.98. The van der Waals surface area contributed by atoms with Crippen molar-refractivity contribution in [3.05, 3.63) is 59.4 Å². The summed E-state index contributed by atoms with van der Waals surface area (Å²) < 4.78 is 19.8. The SMILES string of the molecule is Nn1c(SCCCOc2ccc(F)cc2)nnc1-c1ccc(Cl)cc1. The number of benzene rings is 2. The van der Waals surface area contributed by atoms with Crippen molar-refractivity contribution in [1.82, 2.24) is 14.9 Å². The molecule has 0 bridgehead atoms. The van der Waals surface area contributed by atoms with Gasteiger partial charge in [0.1, 0.15) is 11.6 Å². The van der Waals surface area contributed by atoms with Crippen LogP contribution < -0.4 is 10.6 Å². The van der Waals surface area contributed by atoms with Crippen LogP contribution in [0, 0.1) is 5.82 Å². The van der Waals surface area contributed by atoms with E-state index in [0.29, 0.717) is 28.4 Å². The van der Waals surface area contributed by atoms with Crippen molar-refractivity contribution < 1.29 is 9.13 Å². The van der Waals surface area contributed by atoms with Gasteiger partial charge in [0.25, 0.3) is 0 Å². The second kappa shape index (κ2) is 8.22. The normalized spacial score (nSPS) is 10.8. The molecule has 2 N–H and O–H groups in total. The fourth-order valence-corrected chi connectivity index (χ4v) is 3.01. The predicted octanol–water partition coefficient (Wildman–Crippen LogP) is 4.01. The van der Waals surface area contributed by atoms with Crippen molar-refractivity contribution in [3.63, 3.8) is 0 Å². The first kappa shape index (κ1) is 17.6. The van der Waals surface area contributed by atoms with E-state index in [1.807, 2.05) is 12.1 Å². The fourth-order valence-electron chi connectivity index (χ4n) is 2.11. The topological polar surface area (TPSA) is 66.0 Å². The van der Waals surface area contributed by atoms with Crippen LogP contribution in [-0.2, 0) is 0 Å². The molecular formula is C17H16ClFN4OS. The Balaban J connectivity index is 1.49. The smallest absolute Gasteiger partial charge is 0.210 e. The molecule has 0 aliphatic heterocycles. The Labute approximate surface area is 153 Å². The maximum atomic E-state index is 12.8. The third-order valence-corrected chi connectivity index (χ3v) is 4.65. The lowest BCUT2D eigenvalue weighted by Gasteiger charge is -2.06. The van der Waals surface area contributed by atoms with Crippen LogP contribution in [0.4, 0.5) is 4.39 Å². The number of hydrogen-bond donors (Lipinski definition) is 1. The van der Waals surface area contributed by atoms with Crippen LogP contribution in [0.15, 0.2) is 53.7 Å². The van der Waals surface area contributed by atoms with Crippen molar-refractivity contribution in [3.8, 4) is 17.1 Å². The molecule has 0 unspecified atom stereocenters. The van der Waals surface area contributed by atoms with E-state index in [0.717, 1.165) is 17.7 Å². The molecule has 8 heteroatoms. The molecule has 1 heterocycles. The Morgan fingerprint density at radius 1 is 1.08 bits per heavy atom. The molecule has 1 aromatic heterocycles. The largest absolute Gasteiger partial charge is 0.494 e. The summed E-state index contributed by atoms with van der Waals surface area (Å²) >= 11 is 7.39. The lowest BCUT2D eigenvalue weighted by molar-refractivity contribution is 0.318. The van der Waals surface area contributed by atoms with Crippen LogP contribution in [0.2, 0.25) is 5.02 Å². The fraction of sp³-hybridized carbons (Fsp3) is 0.176. The van der Waals surface area contributed by atoms with Crippen LogP contribution in [0.5, 0.6) is 5.75 Å². The van der Waals surface area contributed by atoms with Gasteiger partial charge in [-0.15, -0.1) is 10.2 Å². The van der Waals surface area contributed by atoms with E-state index < -0.39 is 0 Å². The summed E-state index contributed by atoms with van der Waals surface area (Å²) in [6.07, 6.45) is 0.797. The van der Waals surface area contributed by atoms with Gasteiger partial charge in [-0.2, -0.15) is 0 Å². The van der Waals surface area contributed by atoms with Crippen molar-refractivity contribution in [2.45, 2.75) is 11.6 Å². The van der Waals surface area contributed by atoms with Gasteiger partial charge in [0.15, 0.2) is 5.82 Å². The number of aromatic nitrogens is 3. The van der Waals surface area contributed by atoms with Crippen LogP contribution >= 0.6 is 23.4 Å². The second-order valence-corrected chi connectivity index (χ2v) is 6.69. The summed E-state index contributed by atoms with van der Waals surface area (Å²) in [6, 6.07) is 13.2. The minimum atomic E-state index is -0.276. The molecule has 0 saturated heterocycles. The molecule has 0 aliphatic carbocycles. The molecule has 3 aromatic rings. The number of thioether (sulfide) groups is 1. The highest BCUT2D eigenvalue weighted by molar-refractivity contribution is 7.99. The monoisotopic (exact) mass is 378 g/mol. The number of ether oxygens (including phenoxy) is 1. The van der Waals surface area contributed by atoms with E-state index in [-0.39, 0.29) is 5.82 Å². The van der Waals surface area contributed by atoms with Gasteiger partial charge in [-0.1, -0.05) is 23.4 Å². The number of rotatable bonds is 7. The quantitative estimate of drug-likeness (QED) is 0.382. The van der Waals surface area contributed by atoms with Gasteiger partial charge in [-0.3, -0.25) is 0 Å². The molecule has 0 saturated carbocycles. The van der Waals surface area contributed by atoms with Crippen LogP contribution in [0.3, 0.4) is 0 Å². The van der Waals surface area contributed by atoms with Gasteiger partial charge < -0.3 is 10.6 Å². The summed E-state index contributed by atoms with van der Waals surface area (Å²) in [5, 5.41) is 9.53. The molecule has 0 spiro atoms. The van der Waals surface area contributed by atoms with Crippen LogP contribution in [0.1, 0.15) is 6.42 Å². The molecule has 3 rings (SSSR count). The number of nitrogens with zero attached hydrogens (tertiary/aromatic N) is 3. The first-order valence-corrected chi connectivity index (χ1v) is 8.97. The molecule has 25 heavy (non-hydrogen) atoms. The van der Waals surface area contributed by atoms with Crippen molar-refractivity contribution >= 4 is 23.4 Å². The first-order chi connectivity index (χ1) is 12.1. The summed E-state index contributed by atoms with van der Waals surface area (Å²) in [4.78, 5) is 0. The van der Waals surface area contributed by atoms with Gasteiger partial charge in [0.05, 0.1) is 6.61 Å². The zero-order chi connectivity index (χ0) is 17.6. The van der Waals surface area contributed by atoms with Crippen molar-refractivity contribution in [2.24, 2.45) is 0 Å². The standard InChI is InChI=1S/C17H16ClFN4OS/c18-13-4-2-12(3-5-13)16-21-22-17(23(16)20)25-11-1-10-24-15-8-6-14(19)7-9-15/h2-9H,1,10-11,20H2. The summed E-state index contributed by atoms with van der Waals surface area (Å²) in [6.45, 7) is 0.529. The van der Waals surface area contributed by atoms with Crippen molar-refractivity contribution in [1.29, 1.82) is 0 Å². The van der Waals surface area contributed by atoms with Gasteiger partial charge in [-0.05, 0) is 55.0 Å². The van der Waals surface area contributed by atoms with Crippen LogP contribution in [-0.4, -0.2) is 27.2 Å². The highest BCUT2D eigenvalue weighted by atomic mass is 35.5. The number of hydrogen-bond acceptors (Lipinski definition) is 5. The summed E-state index contributed by atoms with van der Waals surface area (Å²) in [5.74, 6) is 7.80. The maximum absolute atomic E-state index is 12.8. The van der Waals surface area contributed by atoms with E-state index >= 15 is 0 Å². The number of nitrogens with two attached hydrogens (primary N) is 1. The Hall–Kier alpha value is -2.25. The molecule has 0 fully saturated rings. The second-order valence-electron chi connectivity index (χ2n) is 5.19. The maximum Gasteiger partial charge on any atom is 0.210 e. The third-order valence-electron chi connectivity index (χ3n) is 3.37. The minimum absolute atomic E-state index is 0.276. The summed E-state index contributed by atoms with van der Waals surface area (Å²) in [5.41, 5.74) is 0.853. The Morgan fingerprint density at radius 2 is 1.80 bits per heavy atom. The molecule has 0 amide bonds. The lowest BCUT2D eigenvalue weighted by Crippen LogP contribution is -2.11. The van der Waals surface area contributed by atoms with Crippen LogP contribution in [0.25, 0.3) is 11.4 Å². The number of nitrogen functional groups attached to an aromatic ring is 1. The third kappa shape index (κ3) is 4.64. The zero-order valence-electron chi connectivity index (χ0n) is 13.2. The highest BCUT2D eigenvalue weighted by Crippen LogP contribution is 2.23. The lowest BCUT2D eigenvalue weighted by atomic mass is 10.2. The van der Waals surface area contributed by atoms with Gasteiger partial charge in [-0.25, -0.2) is 9.07 Å². The first-order valence-electron chi connectivity index (χ1n) is 7.61. The zero-order valence-corrected chi connectivity index (χ0v) is 14.8. The van der Waals surface area contributed by atoms with E-state index in [1.165, 1.54) is 28.6 Å². The highest BCUT2D eigenvalue weighted by Gasteiger charge is 2.11. The molecule has 5 nitrogen and oxygen atoms in total. The Bertz CT molecular complexity index is 824. The minimum Gasteiger partial charge on any atom is -0.494 e. The molecule has 0 aliphatic rings. The predicted molar refractivity (Wildman–Crippen MR) is 97.9 cm³/mol. The van der Waals surface area contributed by atoms with Crippen molar-refractivity contribution in [2.75, 3.05) is 18.2 Å². The molecule has 130 valence electrons. The summed E-state index contributed by atoms with van der Waals surface area (Å²) in [7, 11) is 0. The molecule has 0 radical (unpaired) electrons. The number of halogens is 2. The van der Waals surface area contributed by atoms with Gasteiger partial charge in [0, 0.05) is 16.3 Å². The van der Waals surface area contributed by atoms with Gasteiger partial charge >= 0.3 is 0 Å². The average molecular weight is 379 g/mol. The molecular weight excluding hydrogens is 363 g/mol. The van der Waals surface area contributed by atoms with Gasteiger partial charge in [0.2, 0.25) is 5.16 Å². The van der Waals surface area contributed by atoms with E-state index in [4.69, 9.17) is 22.2 Å². The molecule has 2 aromatic carbocycles. The van der Waals surface area contributed by atoms with E-state index in [9.17, 15) is 4.39 Å². The van der Waals surface area contributed by atoms with E-state index in [1.54, 1.807) is 24.3 Å². The van der Waals surface area contributed by atoms with E-state index in [2.05, 4.69) is 10.2 Å². The Kier molecular flexibility index (Phi) is 5.78.